The second-order valence-corrected chi connectivity index (χ2v) is 6.95. The number of nitrogens with one attached hydrogen (secondary N) is 1. The lowest BCUT2D eigenvalue weighted by molar-refractivity contribution is -0.139. The van der Waals surface area contributed by atoms with Crippen molar-refractivity contribution in [1.82, 2.24) is 5.43 Å². The maximum absolute atomic E-state index is 12.2. The molecule has 0 aliphatic rings. The zero-order chi connectivity index (χ0) is 23.6. The first-order chi connectivity index (χ1) is 16.0. The molecule has 1 amide bonds. The van der Waals surface area contributed by atoms with Crippen molar-refractivity contribution in [3.63, 3.8) is 0 Å². The molecular formula is C25H24N2O6. The lowest BCUT2D eigenvalue weighted by Crippen LogP contribution is -2.24. The highest BCUT2D eigenvalue weighted by atomic mass is 16.5. The first kappa shape index (κ1) is 23.3. The lowest BCUT2D eigenvalue weighted by atomic mass is 10.1. The Morgan fingerprint density at radius 2 is 1.85 bits per heavy atom. The fourth-order valence-corrected chi connectivity index (χ4v) is 3.19. The first-order valence-electron chi connectivity index (χ1n) is 10.1. The van der Waals surface area contributed by atoms with Crippen LogP contribution in [-0.2, 0) is 16.0 Å². The molecule has 0 saturated carbocycles. The number of hydrogen-bond donors (Lipinski definition) is 2. The van der Waals surface area contributed by atoms with E-state index in [1.807, 2.05) is 36.4 Å². The Morgan fingerprint density at radius 3 is 2.61 bits per heavy atom. The molecule has 170 valence electrons. The quantitative estimate of drug-likeness (QED) is 0.264. The molecule has 3 rings (SSSR count). The minimum Gasteiger partial charge on any atom is -0.493 e. The first-order valence-corrected chi connectivity index (χ1v) is 10.1. The number of hydrazone groups is 1. The van der Waals surface area contributed by atoms with Gasteiger partial charge in [0.1, 0.15) is 5.75 Å². The molecule has 8 heteroatoms. The zero-order valence-corrected chi connectivity index (χ0v) is 18.1. The van der Waals surface area contributed by atoms with E-state index in [0.29, 0.717) is 34.8 Å². The average Bonchev–Trinajstić information content (AvgIpc) is 2.81. The molecular weight excluding hydrogens is 424 g/mol. The molecule has 0 fully saturated rings. The number of carboxylic acids is 1. The van der Waals surface area contributed by atoms with Gasteiger partial charge in [-0.3, -0.25) is 4.79 Å². The summed E-state index contributed by atoms with van der Waals surface area (Å²) in [5.41, 5.74) is 3.73. The van der Waals surface area contributed by atoms with E-state index in [9.17, 15) is 9.59 Å². The summed E-state index contributed by atoms with van der Waals surface area (Å²) in [4.78, 5) is 23.0. The second kappa shape index (κ2) is 11.3. The molecule has 8 nitrogen and oxygen atoms in total. The Kier molecular flexibility index (Phi) is 8.02. The fourth-order valence-electron chi connectivity index (χ4n) is 3.19. The average molecular weight is 448 g/mol. The van der Waals surface area contributed by atoms with Gasteiger partial charge in [0.2, 0.25) is 0 Å². The van der Waals surface area contributed by atoms with E-state index in [4.69, 9.17) is 19.3 Å². The van der Waals surface area contributed by atoms with Gasteiger partial charge < -0.3 is 19.3 Å². The van der Waals surface area contributed by atoms with Crippen LogP contribution in [0, 0.1) is 0 Å². The van der Waals surface area contributed by atoms with Gasteiger partial charge >= 0.3 is 5.97 Å². The molecule has 0 unspecified atom stereocenters. The van der Waals surface area contributed by atoms with Crippen molar-refractivity contribution in [3.8, 4) is 17.2 Å². The summed E-state index contributed by atoms with van der Waals surface area (Å²) in [6, 6.07) is 16.8. The van der Waals surface area contributed by atoms with E-state index in [-0.39, 0.29) is 6.61 Å². The molecule has 0 radical (unpaired) electrons. The van der Waals surface area contributed by atoms with E-state index < -0.39 is 18.5 Å². The SMILES string of the molecule is C=CCc1cc(/C=N/NC(=O)COc2cccc3ccccc23)cc(OC)c1OCC(=O)O. The summed E-state index contributed by atoms with van der Waals surface area (Å²) in [5.74, 6) is -0.227. The van der Waals surface area contributed by atoms with Crippen LogP contribution in [0.25, 0.3) is 10.8 Å². The number of methoxy groups -OCH3 is 1. The zero-order valence-electron chi connectivity index (χ0n) is 18.1. The van der Waals surface area contributed by atoms with Crippen LogP contribution in [0.2, 0.25) is 0 Å². The number of benzene rings is 3. The third-order valence-corrected chi connectivity index (χ3v) is 4.59. The van der Waals surface area contributed by atoms with Crippen molar-refractivity contribution in [3.05, 3.63) is 78.4 Å². The maximum Gasteiger partial charge on any atom is 0.341 e. The van der Waals surface area contributed by atoms with Gasteiger partial charge in [0.15, 0.2) is 24.7 Å². The summed E-state index contributed by atoms with van der Waals surface area (Å²) in [7, 11) is 1.45. The van der Waals surface area contributed by atoms with E-state index in [1.54, 1.807) is 24.3 Å². The number of carbonyl (C=O) groups is 2. The molecule has 3 aromatic carbocycles. The summed E-state index contributed by atoms with van der Waals surface area (Å²) in [5, 5.41) is 14.8. The van der Waals surface area contributed by atoms with Crippen molar-refractivity contribution in [2.75, 3.05) is 20.3 Å². The van der Waals surface area contributed by atoms with Gasteiger partial charge in [-0.2, -0.15) is 5.10 Å². The van der Waals surface area contributed by atoms with E-state index >= 15 is 0 Å². The molecule has 33 heavy (non-hydrogen) atoms. The van der Waals surface area contributed by atoms with Crippen molar-refractivity contribution in [2.45, 2.75) is 6.42 Å². The summed E-state index contributed by atoms with van der Waals surface area (Å²) in [6.07, 6.45) is 3.54. The Labute approximate surface area is 191 Å². The number of carboxylic acid groups (broad SMARTS) is 1. The third kappa shape index (κ3) is 6.33. The number of ether oxygens (including phenoxy) is 3. The van der Waals surface area contributed by atoms with Crippen LogP contribution < -0.4 is 19.6 Å². The highest BCUT2D eigenvalue weighted by Crippen LogP contribution is 2.33. The van der Waals surface area contributed by atoms with Crippen LogP contribution in [0.1, 0.15) is 11.1 Å². The Bertz CT molecular complexity index is 1180. The van der Waals surface area contributed by atoms with Crippen LogP contribution in [0.5, 0.6) is 17.2 Å². The fraction of sp³-hybridized carbons (Fsp3) is 0.160. The van der Waals surface area contributed by atoms with Crippen LogP contribution in [0.3, 0.4) is 0 Å². The topological polar surface area (TPSA) is 106 Å². The predicted octanol–water partition coefficient (Wildman–Crippen LogP) is 3.57. The minimum atomic E-state index is -1.10. The maximum atomic E-state index is 12.2. The van der Waals surface area contributed by atoms with Crippen molar-refractivity contribution >= 4 is 28.9 Å². The minimum absolute atomic E-state index is 0.196. The normalized spacial score (nSPS) is 10.7. The van der Waals surface area contributed by atoms with E-state index in [0.717, 1.165) is 10.8 Å². The van der Waals surface area contributed by atoms with E-state index in [2.05, 4.69) is 17.1 Å². The highest BCUT2D eigenvalue weighted by Gasteiger charge is 2.14. The number of rotatable bonds is 11. The van der Waals surface area contributed by atoms with Crippen molar-refractivity contribution < 1.29 is 28.9 Å². The van der Waals surface area contributed by atoms with Crippen LogP contribution in [0.15, 0.2) is 72.4 Å². The number of fused-ring (bicyclic) bond motifs is 1. The number of allylic oxidation sites excluding steroid dienone is 1. The van der Waals surface area contributed by atoms with E-state index in [1.165, 1.54) is 13.3 Å². The molecule has 0 saturated heterocycles. The highest BCUT2D eigenvalue weighted by molar-refractivity contribution is 5.89. The molecule has 0 aliphatic carbocycles. The van der Waals surface area contributed by atoms with Gasteiger partial charge in [0.05, 0.1) is 13.3 Å². The van der Waals surface area contributed by atoms with Crippen LogP contribution in [0.4, 0.5) is 0 Å². The number of carbonyl (C=O) groups excluding carboxylic acids is 1. The van der Waals surface area contributed by atoms with Gasteiger partial charge in [0, 0.05) is 10.9 Å². The van der Waals surface area contributed by atoms with Gasteiger partial charge in [-0.25, -0.2) is 10.2 Å². The lowest BCUT2D eigenvalue weighted by Gasteiger charge is -2.14. The largest absolute Gasteiger partial charge is 0.493 e. The van der Waals surface area contributed by atoms with Gasteiger partial charge in [-0.1, -0.05) is 42.5 Å². The van der Waals surface area contributed by atoms with Crippen LogP contribution in [-0.4, -0.2) is 43.5 Å². The molecule has 0 bridgehead atoms. The number of aliphatic carboxylic acids is 1. The molecule has 2 N–H and O–H groups in total. The molecule has 0 heterocycles. The molecule has 3 aromatic rings. The molecule has 0 aromatic heterocycles. The molecule has 0 aliphatic heterocycles. The Balaban J connectivity index is 1.66. The second-order valence-electron chi connectivity index (χ2n) is 6.95. The van der Waals surface area contributed by atoms with Gasteiger partial charge in [0.25, 0.3) is 5.91 Å². The van der Waals surface area contributed by atoms with Crippen molar-refractivity contribution in [2.24, 2.45) is 5.10 Å². The third-order valence-electron chi connectivity index (χ3n) is 4.59. The number of amides is 1. The Hall–Kier alpha value is -4.33. The standard InChI is InChI=1S/C25H24N2O6/c1-3-7-19-12-17(13-22(31-2)25(19)33-16-24(29)30)14-26-27-23(28)15-32-21-11-6-9-18-8-4-5-10-20(18)21/h3-6,8-14H,1,7,15-16H2,2H3,(H,27,28)(H,29,30)/b26-14+. The molecule has 0 spiro atoms. The summed E-state index contributed by atoms with van der Waals surface area (Å²) >= 11 is 0. The van der Waals surface area contributed by atoms with Gasteiger partial charge in [-0.15, -0.1) is 6.58 Å². The monoisotopic (exact) mass is 448 g/mol. The molecule has 0 atom stereocenters. The van der Waals surface area contributed by atoms with Crippen molar-refractivity contribution in [1.29, 1.82) is 0 Å². The van der Waals surface area contributed by atoms with Crippen LogP contribution >= 0.6 is 0 Å². The summed E-state index contributed by atoms with van der Waals surface area (Å²) in [6.45, 7) is 3.01. The predicted molar refractivity (Wildman–Crippen MR) is 125 cm³/mol. The van der Waals surface area contributed by atoms with Gasteiger partial charge in [-0.05, 0) is 35.6 Å². The number of hydrogen-bond acceptors (Lipinski definition) is 6. The number of nitrogens with zero attached hydrogens (tertiary/aromatic N) is 1. The Morgan fingerprint density at radius 1 is 1.06 bits per heavy atom. The smallest absolute Gasteiger partial charge is 0.341 e. The summed E-state index contributed by atoms with van der Waals surface area (Å²) < 4.78 is 16.4.